The Morgan fingerprint density at radius 2 is 2.18 bits per heavy atom. The Balaban J connectivity index is 2.40. The minimum atomic E-state index is -0.763. The van der Waals surface area contributed by atoms with E-state index >= 15 is 0 Å². The van der Waals surface area contributed by atoms with Crippen LogP contribution in [0.5, 0.6) is 5.75 Å². The number of aliphatic hydroxyl groups excluding tert-OH is 1. The van der Waals surface area contributed by atoms with Crippen LogP contribution in [0.25, 0.3) is 0 Å². The van der Waals surface area contributed by atoms with E-state index in [4.69, 9.17) is 4.74 Å². The molecule has 1 N–H and O–H groups in total. The third-order valence-corrected chi connectivity index (χ3v) is 2.77. The van der Waals surface area contributed by atoms with Crippen LogP contribution in [0.1, 0.15) is 24.4 Å². The van der Waals surface area contributed by atoms with Crippen molar-refractivity contribution in [1.29, 1.82) is 0 Å². The third-order valence-electron chi connectivity index (χ3n) is 2.77. The van der Waals surface area contributed by atoms with Crippen molar-refractivity contribution in [1.82, 2.24) is 9.55 Å². The van der Waals surface area contributed by atoms with E-state index in [2.05, 4.69) is 4.98 Å². The lowest BCUT2D eigenvalue weighted by atomic mass is 10.1. The molecule has 0 bridgehead atoms. The van der Waals surface area contributed by atoms with Gasteiger partial charge in [-0.25, -0.2) is 4.98 Å². The zero-order chi connectivity index (χ0) is 12.3. The molecule has 2 aromatic rings. The zero-order valence-electron chi connectivity index (χ0n) is 10.00. The Kier molecular flexibility index (Phi) is 3.44. The molecule has 1 aromatic carbocycles. The molecule has 0 aliphatic carbocycles. The van der Waals surface area contributed by atoms with Crippen molar-refractivity contribution >= 4 is 0 Å². The summed E-state index contributed by atoms with van der Waals surface area (Å²) in [5, 5.41) is 10.3. The van der Waals surface area contributed by atoms with Crippen molar-refractivity contribution in [2.75, 3.05) is 7.11 Å². The minimum Gasteiger partial charge on any atom is -0.496 e. The number of ether oxygens (including phenoxy) is 1. The van der Waals surface area contributed by atoms with Crippen LogP contribution >= 0.6 is 0 Å². The number of aromatic nitrogens is 2. The van der Waals surface area contributed by atoms with Crippen molar-refractivity contribution in [2.24, 2.45) is 0 Å². The summed E-state index contributed by atoms with van der Waals surface area (Å²) in [4.78, 5) is 4.20. The summed E-state index contributed by atoms with van der Waals surface area (Å²) in [6, 6.07) is 7.43. The summed E-state index contributed by atoms with van der Waals surface area (Å²) in [6.45, 7) is 2.79. The fourth-order valence-electron chi connectivity index (χ4n) is 1.87. The van der Waals surface area contributed by atoms with E-state index < -0.39 is 6.10 Å². The van der Waals surface area contributed by atoms with Crippen LogP contribution in [-0.2, 0) is 6.54 Å². The lowest BCUT2D eigenvalue weighted by Gasteiger charge is -2.15. The van der Waals surface area contributed by atoms with E-state index in [0.29, 0.717) is 11.6 Å². The molecule has 17 heavy (non-hydrogen) atoms. The van der Waals surface area contributed by atoms with Gasteiger partial charge in [-0.3, -0.25) is 0 Å². The maximum atomic E-state index is 10.3. The molecule has 1 aromatic heterocycles. The number of nitrogens with zero attached hydrogens (tertiary/aromatic N) is 2. The summed E-state index contributed by atoms with van der Waals surface area (Å²) in [5.74, 6) is 1.31. The third kappa shape index (κ3) is 2.17. The molecule has 2 rings (SSSR count). The van der Waals surface area contributed by atoms with Gasteiger partial charge in [-0.1, -0.05) is 18.2 Å². The lowest BCUT2D eigenvalue weighted by molar-refractivity contribution is 0.200. The fourth-order valence-corrected chi connectivity index (χ4v) is 1.87. The van der Waals surface area contributed by atoms with Crippen LogP contribution in [0.15, 0.2) is 36.7 Å². The Morgan fingerprint density at radius 1 is 1.41 bits per heavy atom. The molecule has 0 radical (unpaired) electrons. The molecule has 1 atom stereocenters. The topological polar surface area (TPSA) is 47.3 Å². The highest BCUT2D eigenvalue weighted by Crippen LogP contribution is 2.28. The van der Waals surface area contributed by atoms with E-state index in [-0.39, 0.29) is 0 Å². The molecule has 1 heterocycles. The van der Waals surface area contributed by atoms with Gasteiger partial charge in [0, 0.05) is 24.5 Å². The number of hydrogen-bond acceptors (Lipinski definition) is 3. The molecule has 0 saturated heterocycles. The smallest absolute Gasteiger partial charge is 0.142 e. The molecule has 0 amide bonds. The van der Waals surface area contributed by atoms with Gasteiger partial charge in [-0.2, -0.15) is 0 Å². The normalized spacial score (nSPS) is 12.4. The van der Waals surface area contributed by atoms with Crippen molar-refractivity contribution in [3.63, 3.8) is 0 Å². The van der Waals surface area contributed by atoms with Crippen LogP contribution in [-0.4, -0.2) is 21.8 Å². The van der Waals surface area contributed by atoms with Gasteiger partial charge in [0.15, 0.2) is 0 Å². The first-order valence-electron chi connectivity index (χ1n) is 5.60. The summed E-state index contributed by atoms with van der Waals surface area (Å²) in [6.07, 6.45) is 2.78. The largest absolute Gasteiger partial charge is 0.496 e. The molecule has 4 nitrogen and oxygen atoms in total. The quantitative estimate of drug-likeness (QED) is 0.877. The van der Waals surface area contributed by atoms with Crippen molar-refractivity contribution in [3.8, 4) is 5.75 Å². The van der Waals surface area contributed by atoms with Crippen molar-refractivity contribution in [3.05, 3.63) is 48.0 Å². The number of imidazole rings is 1. The van der Waals surface area contributed by atoms with Crippen LogP contribution in [0.4, 0.5) is 0 Å². The van der Waals surface area contributed by atoms with E-state index in [9.17, 15) is 5.11 Å². The predicted octanol–water partition coefficient (Wildman–Crippen LogP) is 1.99. The highest BCUT2D eigenvalue weighted by Gasteiger charge is 2.18. The van der Waals surface area contributed by atoms with Gasteiger partial charge in [-0.15, -0.1) is 0 Å². The highest BCUT2D eigenvalue weighted by atomic mass is 16.5. The number of aryl methyl sites for hydroxylation is 1. The monoisotopic (exact) mass is 232 g/mol. The average molecular weight is 232 g/mol. The number of benzene rings is 1. The second-order valence-electron chi connectivity index (χ2n) is 3.72. The van der Waals surface area contributed by atoms with Gasteiger partial charge < -0.3 is 14.4 Å². The Bertz CT molecular complexity index is 494. The SMILES string of the molecule is CCn1ccnc1[C@H](O)c1ccccc1OC. The molecular formula is C13H16N2O2. The second-order valence-corrected chi connectivity index (χ2v) is 3.72. The molecule has 0 fully saturated rings. The van der Waals surface area contributed by atoms with Gasteiger partial charge in [0.05, 0.1) is 7.11 Å². The van der Waals surface area contributed by atoms with Gasteiger partial charge in [-0.05, 0) is 13.0 Å². The fraction of sp³-hybridized carbons (Fsp3) is 0.308. The Hall–Kier alpha value is -1.81. The summed E-state index contributed by atoms with van der Waals surface area (Å²) < 4.78 is 7.15. The average Bonchev–Trinajstić information content (AvgIpc) is 2.86. The molecule has 4 heteroatoms. The molecule has 0 aliphatic rings. The van der Waals surface area contributed by atoms with E-state index in [1.54, 1.807) is 13.3 Å². The number of para-hydroxylation sites is 1. The van der Waals surface area contributed by atoms with Crippen LogP contribution in [0.2, 0.25) is 0 Å². The Morgan fingerprint density at radius 3 is 2.88 bits per heavy atom. The standard InChI is InChI=1S/C13H16N2O2/c1-3-15-9-8-14-13(15)12(16)10-6-4-5-7-11(10)17-2/h4-9,12,16H,3H2,1-2H3/t12-/m1/s1. The first-order chi connectivity index (χ1) is 8.27. The number of rotatable bonds is 4. The van der Waals surface area contributed by atoms with Gasteiger partial charge >= 0.3 is 0 Å². The minimum absolute atomic E-state index is 0.636. The van der Waals surface area contributed by atoms with Gasteiger partial charge in [0.1, 0.15) is 17.7 Å². The second kappa shape index (κ2) is 5.01. The maximum absolute atomic E-state index is 10.3. The molecular weight excluding hydrogens is 216 g/mol. The number of hydrogen-bond donors (Lipinski definition) is 1. The summed E-state index contributed by atoms with van der Waals surface area (Å²) >= 11 is 0. The van der Waals surface area contributed by atoms with Crippen molar-refractivity contribution < 1.29 is 9.84 Å². The van der Waals surface area contributed by atoms with E-state index in [1.165, 1.54) is 0 Å². The van der Waals surface area contributed by atoms with E-state index in [0.717, 1.165) is 12.1 Å². The van der Waals surface area contributed by atoms with Crippen molar-refractivity contribution in [2.45, 2.75) is 19.6 Å². The zero-order valence-corrected chi connectivity index (χ0v) is 10.00. The number of aliphatic hydroxyl groups is 1. The lowest BCUT2D eigenvalue weighted by Crippen LogP contribution is -2.09. The molecule has 90 valence electrons. The predicted molar refractivity (Wildman–Crippen MR) is 65.0 cm³/mol. The van der Waals surface area contributed by atoms with Crippen LogP contribution < -0.4 is 4.74 Å². The molecule has 0 unspecified atom stereocenters. The Labute approximate surface area is 100 Å². The van der Waals surface area contributed by atoms with Gasteiger partial charge in [0.2, 0.25) is 0 Å². The van der Waals surface area contributed by atoms with Gasteiger partial charge in [0.25, 0.3) is 0 Å². The maximum Gasteiger partial charge on any atom is 0.142 e. The van der Waals surface area contributed by atoms with Crippen LogP contribution in [0, 0.1) is 0 Å². The first-order valence-corrected chi connectivity index (χ1v) is 5.60. The first kappa shape index (κ1) is 11.7. The highest BCUT2D eigenvalue weighted by molar-refractivity contribution is 5.37. The summed E-state index contributed by atoms with van der Waals surface area (Å²) in [5.41, 5.74) is 0.732. The summed E-state index contributed by atoms with van der Waals surface area (Å²) in [7, 11) is 1.60. The van der Waals surface area contributed by atoms with E-state index in [1.807, 2.05) is 42.0 Å². The molecule has 0 spiro atoms. The molecule has 0 saturated carbocycles. The number of methoxy groups -OCH3 is 1. The molecule has 0 aliphatic heterocycles. The van der Waals surface area contributed by atoms with Crippen LogP contribution in [0.3, 0.4) is 0 Å².